The molecule has 0 aliphatic carbocycles. The highest BCUT2D eigenvalue weighted by atomic mass is 15.2. The molecule has 148 valence electrons. The maximum absolute atomic E-state index is 3.57. The second-order valence-electron chi connectivity index (χ2n) is 8.13. The number of nitrogens with one attached hydrogen (secondary N) is 2. The molecular weight excluding hydrogens is 316 g/mol. The molecule has 2 N–H and O–H groups in total. The number of benzene rings is 1. The molecule has 1 aromatic rings. The van der Waals surface area contributed by atoms with Gasteiger partial charge >= 0.3 is 0 Å². The topological polar surface area (TPSA) is 24.1 Å². The lowest BCUT2D eigenvalue weighted by Gasteiger charge is -2.11. The minimum atomic E-state index is 0.439. The fraction of sp³-hybridized carbons (Fsp3) is 0.750. The number of fused-ring (bicyclic) bond motifs is 1. The summed E-state index contributed by atoms with van der Waals surface area (Å²) in [6.07, 6.45) is 23.2. The zero-order chi connectivity index (χ0) is 18.3. The van der Waals surface area contributed by atoms with Gasteiger partial charge in [0.1, 0.15) is 0 Å². The molecule has 26 heavy (non-hydrogen) atoms. The molecule has 2 rings (SSSR count). The molecule has 0 aromatic heterocycles. The number of hydrogen-bond donors (Lipinski definition) is 2. The SMILES string of the molecule is CCCCCCCCCCCCCCCCCC1Nc2ccccc2N1. The number of unbranched alkanes of at least 4 members (excludes halogenated alkanes) is 14. The van der Waals surface area contributed by atoms with Crippen molar-refractivity contribution in [2.24, 2.45) is 0 Å². The summed E-state index contributed by atoms with van der Waals surface area (Å²) < 4.78 is 0. The summed E-state index contributed by atoms with van der Waals surface area (Å²) in [5, 5.41) is 7.15. The van der Waals surface area contributed by atoms with Crippen LogP contribution in [0.25, 0.3) is 0 Å². The largest absolute Gasteiger partial charge is 0.364 e. The van der Waals surface area contributed by atoms with Gasteiger partial charge in [-0.2, -0.15) is 0 Å². The fourth-order valence-corrected chi connectivity index (χ4v) is 4.01. The average molecular weight is 359 g/mol. The summed E-state index contributed by atoms with van der Waals surface area (Å²) in [7, 11) is 0. The maximum atomic E-state index is 3.57. The lowest BCUT2D eigenvalue weighted by atomic mass is 10.0. The van der Waals surface area contributed by atoms with Gasteiger partial charge in [-0.3, -0.25) is 0 Å². The summed E-state index contributed by atoms with van der Waals surface area (Å²) >= 11 is 0. The van der Waals surface area contributed by atoms with Gasteiger partial charge in [0, 0.05) is 0 Å². The second-order valence-corrected chi connectivity index (χ2v) is 8.13. The highest BCUT2D eigenvalue weighted by Crippen LogP contribution is 2.29. The van der Waals surface area contributed by atoms with Gasteiger partial charge in [0.05, 0.1) is 17.5 Å². The van der Waals surface area contributed by atoms with E-state index in [4.69, 9.17) is 0 Å². The molecule has 2 nitrogen and oxygen atoms in total. The van der Waals surface area contributed by atoms with E-state index in [0.29, 0.717) is 6.17 Å². The van der Waals surface area contributed by atoms with E-state index in [1.807, 2.05) is 0 Å². The molecule has 0 radical (unpaired) electrons. The highest BCUT2D eigenvalue weighted by molar-refractivity contribution is 5.74. The van der Waals surface area contributed by atoms with Gasteiger partial charge in [0.25, 0.3) is 0 Å². The third-order valence-corrected chi connectivity index (χ3v) is 5.68. The van der Waals surface area contributed by atoms with Gasteiger partial charge in [-0.1, -0.05) is 109 Å². The van der Waals surface area contributed by atoms with Crippen LogP contribution in [0, 0.1) is 0 Å². The predicted molar refractivity (Wildman–Crippen MR) is 117 cm³/mol. The lowest BCUT2D eigenvalue weighted by Crippen LogP contribution is -2.21. The van der Waals surface area contributed by atoms with E-state index in [1.165, 1.54) is 114 Å². The van der Waals surface area contributed by atoms with Crippen molar-refractivity contribution in [3.63, 3.8) is 0 Å². The van der Waals surface area contributed by atoms with Crippen LogP contribution in [0.15, 0.2) is 24.3 Å². The normalized spacial score (nSPS) is 13.4. The molecule has 1 aromatic carbocycles. The van der Waals surface area contributed by atoms with E-state index in [2.05, 4.69) is 41.8 Å². The Labute approximate surface area is 162 Å². The van der Waals surface area contributed by atoms with Crippen LogP contribution in [-0.2, 0) is 0 Å². The fourth-order valence-electron chi connectivity index (χ4n) is 4.01. The molecule has 0 amide bonds. The maximum Gasteiger partial charge on any atom is 0.0964 e. The zero-order valence-corrected chi connectivity index (χ0v) is 17.2. The first kappa shape index (κ1) is 21.1. The summed E-state index contributed by atoms with van der Waals surface area (Å²) in [6, 6.07) is 8.52. The molecule has 1 aliphatic heterocycles. The van der Waals surface area contributed by atoms with E-state index in [-0.39, 0.29) is 0 Å². The number of rotatable bonds is 16. The van der Waals surface area contributed by atoms with E-state index >= 15 is 0 Å². The Kier molecular flexibility index (Phi) is 11.3. The van der Waals surface area contributed by atoms with Crippen molar-refractivity contribution in [3.05, 3.63) is 24.3 Å². The quantitative estimate of drug-likeness (QED) is 0.292. The van der Waals surface area contributed by atoms with Crippen LogP contribution < -0.4 is 10.6 Å². The summed E-state index contributed by atoms with van der Waals surface area (Å²) in [5.74, 6) is 0. The molecule has 1 heterocycles. The third-order valence-electron chi connectivity index (χ3n) is 5.68. The van der Waals surface area contributed by atoms with Crippen LogP contribution in [0.2, 0.25) is 0 Å². The van der Waals surface area contributed by atoms with Crippen molar-refractivity contribution in [1.82, 2.24) is 0 Å². The zero-order valence-electron chi connectivity index (χ0n) is 17.2. The molecule has 1 aliphatic rings. The minimum absolute atomic E-state index is 0.439. The molecule has 0 bridgehead atoms. The Morgan fingerprint density at radius 3 is 1.38 bits per heavy atom. The molecule has 0 saturated carbocycles. The summed E-state index contributed by atoms with van der Waals surface area (Å²) in [5.41, 5.74) is 2.52. The predicted octanol–water partition coefficient (Wildman–Crippen LogP) is 8.11. The molecule has 0 spiro atoms. The molecule has 2 heteroatoms. The average Bonchev–Trinajstić information content (AvgIpc) is 3.07. The summed E-state index contributed by atoms with van der Waals surface area (Å²) in [4.78, 5) is 0. The van der Waals surface area contributed by atoms with Crippen LogP contribution >= 0.6 is 0 Å². The first-order valence-corrected chi connectivity index (χ1v) is 11.5. The first-order valence-electron chi connectivity index (χ1n) is 11.5. The molecule has 0 atom stereocenters. The van der Waals surface area contributed by atoms with Crippen molar-refractivity contribution >= 4 is 11.4 Å². The van der Waals surface area contributed by atoms with Crippen molar-refractivity contribution in [1.29, 1.82) is 0 Å². The Bertz CT molecular complexity index is 432. The smallest absolute Gasteiger partial charge is 0.0964 e. The van der Waals surface area contributed by atoms with Crippen molar-refractivity contribution in [3.8, 4) is 0 Å². The Morgan fingerprint density at radius 1 is 0.577 bits per heavy atom. The standard InChI is InChI=1S/C24H42N2/c1-2-3-4-5-6-7-8-9-10-11-12-13-14-15-16-21-24-25-22-19-17-18-20-23(22)26-24/h17-20,24-26H,2-16,21H2,1H3. The van der Waals surface area contributed by atoms with Gasteiger partial charge < -0.3 is 10.6 Å². The van der Waals surface area contributed by atoms with Crippen molar-refractivity contribution in [2.45, 2.75) is 116 Å². The monoisotopic (exact) mass is 358 g/mol. The third kappa shape index (κ3) is 8.96. The van der Waals surface area contributed by atoms with Crippen LogP contribution in [-0.4, -0.2) is 6.17 Å². The van der Waals surface area contributed by atoms with E-state index < -0.39 is 0 Å². The Hall–Kier alpha value is -1.18. The number of para-hydroxylation sites is 2. The van der Waals surface area contributed by atoms with Crippen LogP contribution in [0.3, 0.4) is 0 Å². The summed E-state index contributed by atoms with van der Waals surface area (Å²) in [6.45, 7) is 2.29. The molecule has 0 saturated heterocycles. The Morgan fingerprint density at radius 2 is 0.962 bits per heavy atom. The van der Waals surface area contributed by atoms with Crippen LogP contribution in [0.5, 0.6) is 0 Å². The van der Waals surface area contributed by atoms with Crippen molar-refractivity contribution < 1.29 is 0 Å². The molecular formula is C24H42N2. The van der Waals surface area contributed by atoms with Crippen molar-refractivity contribution in [2.75, 3.05) is 10.6 Å². The second kappa shape index (κ2) is 13.9. The number of anilines is 2. The number of hydrogen-bond acceptors (Lipinski definition) is 2. The van der Waals surface area contributed by atoms with Crippen LogP contribution in [0.4, 0.5) is 11.4 Å². The van der Waals surface area contributed by atoms with Crippen LogP contribution in [0.1, 0.15) is 110 Å². The molecule has 0 unspecified atom stereocenters. The van der Waals surface area contributed by atoms with E-state index in [0.717, 1.165) is 0 Å². The minimum Gasteiger partial charge on any atom is -0.364 e. The lowest BCUT2D eigenvalue weighted by molar-refractivity contribution is 0.527. The first-order chi connectivity index (χ1) is 12.9. The highest BCUT2D eigenvalue weighted by Gasteiger charge is 2.17. The molecule has 0 fully saturated rings. The van der Waals surface area contributed by atoms with Gasteiger partial charge in [-0.15, -0.1) is 0 Å². The van der Waals surface area contributed by atoms with E-state index in [9.17, 15) is 0 Å². The van der Waals surface area contributed by atoms with Gasteiger partial charge in [-0.25, -0.2) is 0 Å². The Balaban J connectivity index is 1.29. The van der Waals surface area contributed by atoms with Gasteiger partial charge in [-0.05, 0) is 25.0 Å². The van der Waals surface area contributed by atoms with E-state index in [1.54, 1.807) is 0 Å². The van der Waals surface area contributed by atoms with Gasteiger partial charge in [0.2, 0.25) is 0 Å². The van der Waals surface area contributed by atoms with Gasteiger partial charge in [0.15, 0.2) is 0 Å².